The molecule has 5 heteroatoms. The first-order valence-electron chi connectivity index (χ1n) is 0.632. The Morgan fingerprint density at radius 3 is 1.80 bits per heavy atom. The van der Waals surface area contributed by atoms with Crippen LogP contribution in [-0.2, 0) is 21.9 Å². The van der Waals surface area contributed by atoms with Gasteiger partial charge in [-0.15, -0.1) is 0 Å². The van der Waals surface area contributed by atoms with Crippen molar-refractivity contribution in [1.82, 2.24) is 0 Å². The van der Waals surface area contributed by atoms with Gasteiger partial charge in [-0.2, -0.15) is 0 Å². The van der Waals surface area contributed by atoms with Crippen LogP contribution in [0.25, 0.3) is 0 Å². The van der Waals surface area contributed by atoms with Crippen LogP contribution in [0.15, 0.2) is 0 Å². The molecule has 0 unspecified atom stereocenters. The van der Waals surface area contributed by atoms with E-state index in [-0.39, 0.29) is 68.9 Å². The van der Waals surface area contributed by atoms with Crippen LogP contribution >= 0.6 is 0 Å². The SMILES string of the molecule is [Cs+].[O]=[Ti]([O-])[OH]. The van der Waals surface area contributed by atoms with E-state index in [2.05, 4.69) is 0 Å². The summed E-state index contributed by atoms with van der Waals surface area (Å²) in [6.07, 6.45) is 0. The van der Waals surface area contributed by atoms with Crippen LogP contribution in [-0.4, -0.2) is 3.69 Å². The van der Waals surface area contributed by atoms with Crippen LogP contribution in [0, 0.1) is 0 Å². The molecule has 0 heterocycles. The molecular weight excluding hydrogens is 229 g/mol. The predicted octanol–water partition coefficient (Wildman–Crippen LogP) is -4.86. The van der Waals surface area contributed by atoms with E-state index in [0.717, 1.165) is 0 Å². The molecule has 0 fully saturated rings. The third kappa shape index (κ3) is 21.1. The van der Waals surface area contributed by atoms with Crippen LogP contribution in [0.4, 0.5) is 0 Å². The van der Waals surface area contributed by atoms with Crippen LogP contribution in [0.2, 0.25) is 0 Å². The molecule has 0 aliphatic rings. The second-order valence-electron chi connectivity index (χ2n) is 0.266. The zero-order valence-corrected chi connectivity index (χ0v) is 10.6. The summed E-state index contributed by atoms with van der Waals surface area (Å²) in [5.41, 5.74) is 0. The molecule has 0 saturated carbocycles. The predicted molar refractivity (Wildman–Crippen MR) is 2.91 cm³/mol. The first-order valence-corrected chi connectivity index (χ1v) is 2.61. The van der Waals surface area contributed by atoms with E-state index < -0.39 is 18.6 Å². The van der Waals surface area contributed by atoms with Crippen molar-refractivity contribution in [1.29, 1.82) is 0 Å². The van der Waals surface area contributed by atoms with E-state index in [1.807, 2.05) is 0 Å². The second-order valence-corrected chi connectivity index (χ2v) is 1.10. The Morgan fingerprint density at radius 1 is 1.80 bits per heavy atom. The average Bonchev–Trinajstić information content (AvgIpc) is 0.811. The third-order valence-electron chi connectivity index (χ3n) is 0. The molecule has 24 valence electrons. The number of hydrogen-bond donors (Lipinski definition) is 1. The Morgan fingerprint density at radius 2 is 1.80 bits per heavy atom. The minimum absolute atomic E-state index is 0. The van der Waals surface area contributed by atoms with Crippen molar-refractivity contribution in [2.45, 2.75) is 0 Å². The standard InChI is InChI=1S/Cs.H2O.2O.Ti/h;1H2;;;/q+1;;;-1;+1/p-1. The zero-order chi connectivity index (χ0) is 3.58. The summed E-state index contributed by atoms with van der Waals surface area (Å²) in [4.78, 5) is 0. The van der Waals surface area contributed by atoms with Gasteiger partial charge in [0.25, 0.3) is 0 Å². The van der Waals surface area contributed by atoms with Gasteiger partial charge in [-0.05, 0) is 0 Å². The fraction of sp³-hybridized carbons (Fsp3) is 0. The van der Waals surface area contributed by atoms with Crippen molar-refractivity contribution in [2.24, 2.45) is 0 Å². The quantitative estimate of drug-likeness (QED) is 0.424. The Kier molecular flexibility index (Phi) is 13.6. The van der Waals surface area contributed by atoms with Gasteiger partial charge >= 0.3 is 98.2 Å². The molecule has 3 nitrogen and oxygen atoms in total. The molecule has 0 atom stereocenters. The molecule has 0 aromatic heterocycles. The molecule has 0 aromatic rings. The van der Waals surface area contributed by atoms with Gasteiger partial charge in [-0.1, -0.05) is 0 Å². The Labute approximate surface area is 95.3 Å². The van der Waals surface area contributed by atoms with E-state index in [0.29, 0.717) is 0 Å². The van der Waals surface area contributed by atoms with Crippen molar-refractivity contribution < 1.29 is 98.2 Å². The summed E-state index contributed by atoms with van der Waals surface area (Å²) in [6.45, 7) is 0. The van der Waals surface area contributed by atoms with Crippen LogP contribution < -0.4 is 72.6 Å². The van der Waals surface area contributed by atoms with Gasteiger partial charge in [-0.25, -0.2) is 0 Å². The van der Waals surface area contributed by atoms with Crippen molar-refractivity contribution in [2.75, 3.05) is 0 Å². The van der Waals surface area contributed by atoms with Gasteiger partial charge in [0, 0.05) is 0 Å². The van der Waals surface area contributed by atoms with Gasteiger partial charge in [0.1, 0.15) is 0 Å². The molecular formula is HCsO3Ti. The second kappa shape index (κ2) is 6.49. The number of hydrogen-bond acceptors (Lipinski definition) is 2. The maximum atomic E-state index is 8.69. The van der Waals surface area contributed by atoms with Crippen LogP contribution in [0.1, 0.15) is 0 Å². The topological polar surface area (TPSA) is 60.4 Å². The van der Waals surface area contributed by atoms with E-state index in [1.54, 1.807) is 0 Å². The molecule has 0 saturated heterocycles. The van der Waals surface area contributed by atoms with E-state index in [9.17, 15) is 0 Å². The van der Waals surface area contributed by atoms with E-state index >= 15 is 0 Å². The molecule has 0 bridgehead atoms. The normalized spacial score (nSPS) is 5.20. The summed E-state index contributed by atoms with van der Waals surface area (Å²) in [5.74, 6) is 0. The average molecular weight is 230 g/mol. The monoisotopic (exact) mass is 230 g/mol. The van der Waals surface area contributed by atoms with Crippen molar-refractivity contribution in [3.63, 3.8) is 0 Å². The van der Waals surface area contributed by atoms with Crippen LogP contribution in [0.3, 0.4) is 0 Å². The van der Waals surface area contributed by atoms with Crippen molar-refractivity contribution in [3.8, 4) is 0 Å². The molecule has 0 amide bonds. The Bertz CT molecular complexity index is 29.9. The maximum absolute atomic E-state index is 8.69. The molecule has 0 aliphatic carbocycles. The zero-order valence-electron chi connectivity index (χ0n) is 2.76. The molecule has 0 rings (SSSR count). The summed E-state index contributed by atoms with van der Waals surface area (Å²) >= 11 is -3.83. The summed E-state index contributed by atoms with van der Waals surface area (Å²) in [5, 5.41) is 0. The Hall–Kier alpha value is 2.49. The van der Waals surface area contributed by atoms with E-state index in [4.69, 9.17) is 10.7 Å². The Balaban J connectivity index is 0. The molecule has 0 aliphatic heterocycles. The summed E-state index contributed by atoms with van der Waals surface area (Å²) < 4.78 is 24.5. The van der Waals surface area contributed by atoms with Crippen molar-refractivity contribution in [3.05, 3.63) is 0 Å². The van der Waals surface area contributed by atoms with Gasteiger partial charge in [-0.3, -0.25) is 0 Å². The molecule has 0 radical (unpaired) electrons. The van der Waals surface area contributed by atoms with Gasteiger partial charge in [0.05, 0.1) is 0 Å². The molecule has 0 aromatic carbocycles. The first-order chi connectivity index (χ1) is 1.73. The van der Waals surface area contributed by atoms with Crippen LogP contribution in [0.5, 0.6) is 0 Å². The fourth-order valence-corrected chi connectivity index (χ4v) is 0. The minimum atomic E-state index is -3.83. The van der Waals surface area contributed by atoms with Crippen molar-refractivity contribution >= 4 is 0 Å². The molecule has 1 N–H and O–H groups in total. The van der Waals surface area contributed by atoms with Gasteiger partial charge in [0.15, 0.2) is 0 Å². The fourth-order valence-electron chi connectivity index (χ4n) is 0. The third-order valence-corrected chi connectivity index (χ3v) is 0. The van der Waals surface area contributed by atoms with Gasteiger partial charge < -0.3 is 0 Å². The summed E-state index contributed by atoms with van der Waals surface area (Å²) in [6, 6.07) is 0. The number of rotatable bonds is 0. The first kappa shape index (κ1) is 10.5. The van der Waals surface area contributed by atoms with E-state index in [1.165, 1.54) is 0 Å². The molecule has 5 heavy (non-hydrogen) atoms. The van der Waals surface area contributed by atoms with Gasteiger partial charge in [0.2, 0.25) is 0 Å². The summed E-state index contributed by atoms with van der Waals surface area (Å²) in [7, 11) is 0. The molecule has 0 spiro atoms.